The van der Waals surface area contributed by atoms with Gasteiger partial charge in [-0.2, -0.15) is 0 Å². The van der Waals surface area contributed by atoms with Gasteiger partial charge in [-0.25, -0.2) is 0 Å². The molecule has 2 heteroatoms. The summed E-state index contributed by atoms with van der Waals surface area (Å²) in [4.78, 5) is 2.23. The third-order valence-electron chi connectivity index (χ3n) is 2.89. The molecular formula is C15H18N2. The predicted octanol–water partition coefficient (Wildman–Crippen LogP) is 2.78. The van der Waals surface area contributed by atoms with Crippen LogP contribution in [0.2, 0.25) is 0 Å². The molecule has 0 spiro atoms. The highest BCUT2D eigenvalue weighted by atomic mass is 15.1. The second kappa shape index (κ2) is 5.51. The van der Waals surface area contributed by atoms with Crippen LogP contribution >= 0.6 is 0 Å². The van der Waals surface area contributed by atoms with Crippen LogP contribution in [0.15, 0.2) is 54.6 Å². The zero-order valence-electron chi connectivity index (χ0n) is 10.1. The van der Waals surface area contributed by atoms with Crippen LogP contribution in [0.5, 0.6) is 0 Å². The van der Waals surface area contributed by atoms with E-state index < -0.39 is 0 Å². The van der Waals surface area contributed by atoms with Crippen LogP contribution < -0.4 is 10.6 Å². The molecule has 0 bridgehead atoms. The Morgan fingerprint density at radius 2 is 1.59 bits per heavy atom. The molecule has 2 aromatic carbocycles. The van der Waals surface area contributed by atoms with Crippen LogP contribution in [-0.4, -0.2) is 7.05 Å². The van der Waals surface area contributed by atoms with Gasteiger partial charge in [0, 0.05) is 25.8 Å². The lowest BCUT2D eigenvalue weighted by Crippen LogP contribution is -2.18. The SMILES string of the molecule is CN(Cc1ccccc1)c1ccccc1CN. The Bertz CT molecular complexity index is 465. The lowest BCUT2D eigenvalue weighted by Gasteiger charge is -2.22. The highest BCUT2D eigenvalue weighted by Crippen LogP contribution is 2.20. The van der Waals surface area contributed by atoms with Gasteiger partial charge < -0.3 is 10.6 Å². The van der Waals surface area contributed by atoms with E-state index in [4.69, 9.17) is 5.73 Å². The lowest BCUT2D eigenvalue weighted by atomic mass is 10.1. The summed E-state index contributed by atoms with van der Waals surface area (Å²) in [6.45, 7) is 1.48. The van der Waals surface area contributed by atoms with Crippen molar-refractivity contribution in [3.05, 3.63) is 65.7 Å². The van der Waals surface area contributed by atoms with Crippen molar-refractivity contribution in [2.24, 2.45) is 5.73 Å². The number of hydrogen-bond donors (Lipinski definition) is 1. The van der Waals surface area contributed by atoms with Crippen LogP contribution in [-0.2, 0) is 13.1 Å². The van der Waals surface area contributed by atoms with Crippen molar-refractivity contribution in [2.45, 2.75) is 13.1 Å². The topological polar surface area (TPSA) is 29.3 Å². The van der Waals surface area contributed by atoms with Crippen molar-refractivity contribution >= 4 is 5.69 Å². The molecule has 0 fully saturated rings. The van der Waals surface area contributed by atoms with E-state index in [2.05, 4.69) is 54.4 Å². The van der Waals surface area contributed by atoms with Crippen molar-refractivity contribution in [1.29, 1.82) is 0 Å². The Hall–Kier alpha value is -1.80. The molecule has 0 saturated heterocycles. The molecule has 0 aliphatic heterocycles. The van der Waals surface area contributed by atoms with Crippen LogP contribution in [0.4, 0.5) is 5.69 Å². The predicted molar refractivity (Wildman–Crippen MR) is 72.9 cm³/mol. The number of nitrogens with zero attached hydrogens (tertiary/aromatic N) is 1. The fraction of sp³-hybridized carbons (Fsp3) is 0.200. The quantitative estimate of drug-likeness (QED) is 0.868. The molecule has 2 rings (SSSR count). The molecule has 0 atom stereocenters. The summed E-state index contributed by atoms with van der Waals surface area (Å²) in [6, 6.07) is 18.7. The van der Waals surface area contributed by atoms with Gasteiger partial charge in [0.1, 0.15) is 0 Å². The lowest BCUT2D eigenvalue weighted by molar-refractivity contribution is 0.904. The number of benzene rings is 2. The van der Waals surface area contributed by atoms with Gasteiger partial charge in [0.05, 0.1) is 0 Å². The summed E-state index contributed by atoms with van der Waals surface area (Å²) in [7, 11) is 2.10. The first kappa shape index (κ1) is 11.7. The van der Waals surface area contributed by atoms with E-state index in [0.717, 1.165) is 6.54 Å². The standard InChI is InChI=1S/C15H18N2/c1-17(12-13-7-3-2-4-8-13)15-10-6-5-9-14(15)11-16/h2-10H,11-12,16H2,1H3. The van der Waals surface area contributed by atoms with Gasteiger partial charge in [0.2, 0.25) is 0 Å². The Balaban J connectivity index is 2.17. The zero-order valence-corrected chi connectivity index (χ0v) is 10.1. The summed E-state index contributed by atoms with van der Waals surface area (Å²) in [5, 5.41) is 0. The second-order valence-corrected chi connectivity index (χ2v) is 4.17. The normalized spacial score (nSPS) is 10.2. The van der Waals surface area contributed by atoms with Gasteiger partial charge in [-0.3, -0.25) is 0 Å². The Labute approximate surface area is 103 Å². The third-order valence-corrected chi connectivity index (χ3v) is 2.89. The molecule has 2 N–H and O–H groups in total. The molecule has 0 saturated carbocycles. The fourth-order valence-electron chi connectivity index (χ4n) is 2.00. The van der Waals surface area contributed by atoms with Crippen molar-refractivity contribution in [1.82, 2.24) is 0 Å². The molecule has 2 aromatic rings. The largest absolute Gasteiger partial charge is 0.370 e. The summed E-state index contributed by atoms with van der Waals surface area (Å²) in [5.74, 6) is 0. The van der Waals surface area contributed by atoms with Crippen LogP contribution in [0.1, 0.15) is 11.1 Å². The van der Waals surface area contributed by atoms with E-state index in [1.807, 2.05) is 12.1 Å². The van der Waals surface area contributed by atoms with Crippen LogP contribution in [0, 0.1) is 0 Å². The second-order valence-electron chi connectivity index (χ2n) is 4.17. The molecule has 88 valence electrons. The minimum absolute atomic E-state index is 0.579. The van der Waals surface area contributed by atoms with E-state index in [9.17, 15) is 0 Å². The number of nitrogens with two attached hydrogens (primary N) is 1. The fourth-order valence-corrected chi connectivity index (χ4v) is 2.00. The van der Waals surface area contributed by atoms with Gasteiger partial charge in [-0.1, -0.05) is 48.5 Å². The molecule has 0 aliphatic rings. The zero-order chi connectivity index (χ0) is 12.1. The Kier molecular flexibility index (Phi) is 3.78. The van der Waals surface area contributed by atoms with Crippen molar-refractivity contribution in [2.75, 3.05) is 11.9 Å². The van der Waals surface area contributed by atoms with Crippen molar-refractivity contribution in [3.63, 3.8) is 0 Å². The van der Waals surface area contributed by atoms with E-state index in [1.165, 1.54) is 16.8 Å². The number of anilines is 1. The van der Waals surface area contributed by atoms with Gasteiger partial charge in [-0.15, -0.1) is 0 Å². The van der Waals surface area contributed by atoms with E-state index in [1.54, 1.807) is 0 Å². The van der Waals surface area contributed by atoms with Crippen LogP contribution in [0.25, 0.3) is 0 Å². The van der Waals surface area contributed by atoms with Gasteiger partial charge in [0.15, 0.2) is 0 Å². The summed E-state index contributed by atoms with van der Waals surface area (Å²) in [5.41, 5.74) is 9.46. The minimum atomic E-state index is 0.579. The van der Waals surface area contributed by atoms with E-state index >= 15 is 0 Å². The number of hydrogen-bond acceptors (Lipinski definition) is 2. The average Bonchev–Trinajstić information content (AvgIpc) is 2.40. The summed E-state index contributed by atoms with van der Waals surface area (Å²) in [6.07, 6.45) is 0. The molecule has 17 heavy (non-hydrogen) atoms. The molecule has 2 nitrogen and oxygen atoms in total. The first-order chi connectivity index (χ1) is 8.31. The molecular weight excluding hydrogens is 208 g/mol. The number of rotatable bonds is 4. The Morgan fingerprint density at radius 1 is 0.941 bits per heavy atom. The molecule has 0 unspecified atom stereocenters. The summed E-state index contributed by atoms with van der Waals surface area (Å²) < 4.78 is 0. The van der Waals surface area contributed by atoms with Gasteiger partial charge in [-0.05, 0) is 17.2 Å². The third kappa shape index (κ3) is 2.86. The molecule has 0 radical (unpaired) electrons. The first-order valence-corrected chi connectivity index (χ1v) is 5.84. The number of para-hydroxylation sites is 1. The molecule has 0 heterocycles. The molecule has 0 aliphatic carbocycles. The van der Waals surface area contributed by atoms with Gasteiger partial charge in [0.25, 0.3) is 0 Å². The van der Waals surface area contributed by atoms with Gasteiger partial charge >= 0.3 is 0 Å². The van der Waals surface area contributed by atoms with Crippen molar-refractivity contribution < 1.29 is 0 Å². The smallest absolute Gasteiger partial charge is 0.0426 e. The van der Waals surface area contributed by atoms with Crippen molar-refractivity contribution in [3.8, 4) is 0 Å². The molecule has 0 amide bonds. The molecule has 0 aromatic heterocycles. The van der Waals surface area contributed by atoms with E-state index in [-0.39, 0.29) is 0 Å². The maximum absolute atomic E-state index is 5.76. The monoisotopic (exact) mass is 226 g/mol. The summed E-state index contributed by atoms with van der Waals surface area (Å²) >= 11 is 0. The first-order valence-electron chi connectivity index (χ1n) is 5.84. The average molecular weight is 226 g/mol. The maximum atomic E-state index is 5.76. The Morgan fingerprint density at radius 3 is 2.29 bits per heavy atom. The maximum Gasteiger partial charge on any atom is 0.0426 e. The highest BCUT2D eigenvalue weighted by Gasteiger charge is 2.05. The highest BCUT2D eigenvalue weighted by molar-refractivity contribution is 5.53. The minimum Gasteiger partial charge on any atom is -0.370 e. The van der Waals surface area contributed by atoms with E-state index in [0.29, 0.717) is 6.54 Å². The van der Waals surface area contributed by atoms with Crippen LogP contribution in [0.3, 0.4) is 0 Å².